The Bertz CT molecular complexity index is 566. The number of rotatable bonds is 14. The first-order valence-electron chi connectivity index (χ1n) is 13.2. The first kappa shape index (κ1) is 29.4. The van der Waals surface area contributed by atoms with Crippen molar-refractivity contribution in [2.45, 2.75) is 142 Å². The molecule has 32 heavy (non-hydrogen) atoms. The van der Waals surface area contributed by atoms with Crippen LogP contribution in [0.25, 0.3) is 0 Å². The summed E-state index contributed by atoms with van der Waals surface area (Å²) in [6, 6.07) is 0. The van der Waals surface area contributed by atoms with Crippen LogP contribution in [0.4, 0.5) is 0 Å². The van der Waals surface area contributed by atoms with Crippen molar-refractivity contribution in [1.82, 2.24) is 0 Å². The molecule has 1 aliphatic carbocycles. The van der Waals surface area contributed by atoms with E-state index in [1.54, 1.807) is 6.92 Å². The van der Waals surface area contributed by atoms with E-state index in [1.165, 1.54) is 38.5 Å². The molecular weight excluding hydrogens is 416 g/mol. The predicted molar refractivity (Wildman–Crippen MR) is 137 cm³/mol. The van der Waals surface area contributed by atoms with Gasteiger partial charge < -0.3 is 14.3 Å². The number of hydrogen-bond acceptors (Lipinski definition) is 4. The van der Waals surface area contributed by atoms with E-state index in [0.717, 1.165) is 19.3 Å². The second-order valence-electron chi connectivity index (χ2n) is 11.4. The Balaban J connectivity index is 2.75. The highest BCUT2D eigenvalue weighted by Crippen LogP contribution is 2.39. The van der Waals surface area contributed by atoms with Crippen molar-refractivity contribution in [3.63, 3.8) is 0 Å². The summed E-state index contributed by atoms with van der Waals surface area (Å²) in [6.07, 6.45) is 16.9. The van der Waals surface area contributed by atoms with E-state index in [0.29, 0.717) is 25.4 Å². The van der Waals surface area contributed by atoms with Crippen molar-refractivity contribution in [2.24, 2.45) is 5.92 Å². The predicted octanol–water partition coefficient (Wildman–Crippen LogP) is 7.56. The van der Waals surface area contributed by atoms with E-state index in [2.05, 4.69) is 52.9 Å². The molecule has 1 saturated carbocycles. The largest absolute Gasteiger partial charge is 0.466 e. The molecule has 0 aromatic heterocycles. The first-order chi connectivity index (χ1) is 14.9. The van der Waals surface area contributed by atoms with Crippen LogP contribution in [-0.4, -0.2) is 37.7 Å². The Labute approximate surface area is 199 Å². The molecule has 1 fully saturated rings. The van der Waals surface area contributed by atoms with Crippen LogP contribution >= 0.6 is 0 Å². The summed E-state index contributed by atoms with van der Waals surface area (Å²) in [5.74, 6) is 0.0000793. The van der Waals surface area contributed by atoms with Crippen LogP contribution < -0.4 is 0 Å². The second kappa shape index (κ2) is 13.9. The van der Waals surface area contributed by atoms with Gasteiger partial charge in [0.2, 0.25) is 0 Å². The lowest BCUT2D eigenvalue weighted by Crippen LogP contribution is -2.43. The minimum Gasteiger partial charge on any atom is -0.466 e. The van der Waals surface area contributed by atoms with E-state index >= 15 is 0 Å². The molecule has 188 valence electrons. The van der Waals surface area contributed by atoms with Gasteiger partial charge in [0.05, 0.1) is 24.7 Å². The van der Waals surface area contributed by atoms with Crippen LogP contribution in [0, 0.1) is 5.92 Å². The highest BCUT2D eigenvalue weighted by atomic mass is 28.4. The summed E-state index contributed by atoms with van der Waals surface area (Å²) < 4.78 is 11.9. The van der Waals surface area contributed by atoms with E-state index in [9.17, 15) is 9.90 Å². The minimum absolute atomic E-state index is 0.104. The number of unbranched alkanes of at least 4 members (excludes halogenated alkanes) is 5. The van der Waals surface area contributed by atoms with E-state index in [-0.39, 0.29) is 23.5 Å². The molecule has 0 radical (unpaired) electrons. The quantitative estimate of drug-likeness (QED) is 0.124. The molecule has 3 atom stereocenters. The lowest BCUT2D eigenvalue weighted by atomic mass is 9.76. The summed E-state index contributed by atoms with van der Waals surface area (Å²) in [4.78, 5) is 11.9. The van der Waals surface area contributed by atoms with Crippen LogP contribution in [0.1, 0.15) is 112 Å². The summed E-state index contributed by atoms with van der Waals surface area (Å²) in [6.45, 7) is 16.0. The lowest BCUT2D eigenvalue weighted by Gasteiger charge is -2.39. The maximum absolute atomic E-state index is 11.9. The average Bonchev–Trinajstić information content (AvgIpc) is 2.67. The smallest absolute Gasteiger partial charge is 0.308 e. The third kappa shape index (κ3) is 11.0. The molecule has 0 aromatic rings. The summed E-state index contributed by atoms with van der Waals surface area (Å²) >= 11 is 0. The standard InChI is InChI=1S/C27H52O4Si/c1-8-10-11-12-13-14-17-24(31-32(6,7)26(3,4)5)19-18-23-16-15-20-27(29,21-23)22-25(28)30-9-2/h18-19,23-24,29H,8-17,20-22H2,1-7H3/b19-18+/t23-,24?,27+/m1/s1. The lowest BCUT2D eigenvalue weighted by molar-refractivity contribution is -0.150. The highest BCUT2D eigenvalue weighted by molar-refractivity contribution is 6.74. The van der Waals surface area contributed by atoms with Gasteiger partial charge in [-0.3, -0.25) is 4.79 Å². The molecule has 0 aliphatic heterocycles. The number of carbonyl (C=O) groups is 1. The number of aliphatic hydroxyl groups is 1. The van der Waals surface area contributed by atoms with Gasteiger partial charge in [0.25, 0.3) is 0 Å². The van der Waals surface area contributed by atoms with Crippen molar-refractivity contribution >= 4 is 14.3 Å². The van der Waals surface area contributed by atoms with Crippen molar-refractivity contribution in [3.05, 3.63) is 12.2 Å². The Morgan fingerprint density at radius 2 is 1.81 bits per heavy atom. The Kier molecular flexibility index (Phi) is 12.8. The molecule has 0 bridgehead atoms. The first-order valence-corrected chi connectivity index (χ1v) is 16.1. The topological polar surface area (TPSA) is 55.8 Å². The van der Waals surface area contributed by atoms with Gasteiger partial charge in [-0.2, -0.15) is 0 Å². The number of esters is 1. The van der Waals surface area contributed by atoms with Crippen molar-refractivity contribution in [1.29, 1.82) is 0 Å². The second-order valence-corrected chi connectivity index (χ2v) is 16.2. The minimum atomic E-state index is -1.86. The maximum Gasteiger partial charge on any atom is 0.308 e. The van der Waals surface area contributed by atoms with Gasteiger partial charge in [-0.1, -0.05) is 78.4 Å². The average molecular weight is 469 g/mol. The third-order valence-corrected chi connectivity index (χ3v) is 11.8. The van der Waals surface area contributed by atoms with Crippen LogP contribution in [0.2, 0.25) is 18.1 Å². The van der Waals surface area contributed by atoms with Gasteiger partial charge in [0.1, 0.15) is 0 Å². The monoisotopic (exact) mass is 468 g/mol. The molecule has 0 saturated heterocycles. The zero-order valence-electron chi connectivity index (χ0n) is 22.2. The van der Waals surface area contributed by atoms with Gasteiger partial charge in [0.15, 0.2) is 8.32 Å². The molecule has 1 rings (SSSR count). The number of hydrogen-bond donors (Lipinski definition) is 1. The molecule has 0 spiro atoms. The number of ether oxygens (including phenoxy) is 1. The molecule has 1 N–H and O–H groups in total. The van der Waals surface area contributed by atoms with Crippen LogP contribution in [0.3, 0.4) is 0 Å². The van der Waals surface area contributed by atoms with E-state index in [1.807, 2.05) is 0 Å². The molecule has 5 heteroatoms. The summed E-state index contributed by atoms with van der Waals surface area (Å²) in [5, 5.41) is 11.2. The van der Waals surface area contributed by atoms with Crippen LogP contribution in [0.5, 0.6) is 0 Å². The normalized spacial score (nSPS) is 23.4. The highest BCUT2D eigenvalue weighted by Gasteiger charge is 2.39. The summed E-state index contributed by atoms with van der Waals surface area (Å²) in [7, 11) is -1.86. The van der Waals surface area contributed by atoms with Gasteiger partial charge in [-0.25, -0.2) is 0 Å². The van der Waals surface area contributed by atoms with Crippen molar-refractivity contribution in [3.8, 4) is 0 Å². The molecule has 0 heterocycles. The van der Waals surface area contributed by atoms with Gasteiger partial charge in [0, 0.05) is 0 Å². The summed E-state index contributed by atoms with van der Waals surface area (Å²) in [5.41, 5.74) is -0.936. The molecule has 1 unspecified atom stereocenters. The fourth-order valence-electron chi connectivity index (χ4n) is 4.35. The molecule has 0 aromatic carbocycles. The zero-order chi connectivity index (χ0) is 24.3. The fourth-order valence-corrected chi connectivity index (χ4v) is 5.65. The Hall–Kier alpha value is -0.653. The van der Waals surface area contributed by atoms with Gasteiger partial charge in [-0.05, 0) is 63.1 Å². The fraction of sp³-hybridized carbons (Fsp3) is 0.889. The third-order valence-electron chi connectivity index (χ3n) is 7.33. The number of carbonyl (C=O) groups excluding carboxylic acids is 1. The van der Waals surface area contributed by atoms with Crippen LogP contribution in [-0.2, 0) is 14.0 Å². The van der Waals surface area contributed by atoms with E-state index in [4.69, 9.17) is 9.16 Å². The van der Waals surface area contributed by atoms with Crippen molar-refractivity contribution < 1.29 is 19.1 Å². The molecular formula is C27H52O4Si. The SMILES string of the molecule is CCCCCCCCC(/C=C/[C@H]1CCC[C@@](O)(CC(=O)OCC)C1)O[Si](C)(C)C(C)(C)C. The Morgan fingerprint density at radius 1 is 1.16 bits per heavy atom. The molecule has 0 amide bonds. The maximum atomic E-state index is 11.9. The molecule has 1 aliphatic rings. The number of allylic oxidation sites excluding steroid dienone is 1. The van der Waals surface area contributed by atoms with Crippen LogP contribution in [0.15, 0.2) is 12.2 Å². The zero-order valence-corrected chi connectivity index (χ0v) is 23.2. The van der Waals surface area contributed by atoms with E-state index < -0.39 is 13.9 Å². The Morgan fingerprint density at radius 3 is 2.44 bits per heavy atom. The molecule has 4 nitrogen and oxygen atoms in total. The van der Waals surface area contributed by atoms with Gasteiger partial charge >= 0.3 is 5.97 Å². The van der Waals surface area contributed by atoms with Crippen molar-refractivity contribution in [2.75, 3.05) is 6.61 Å². The van der Waals surface area contributed by atoms with Gasteiger partial charge in [-0.15, -0.1) is 0 Å².